The van der Waals surface area contributed by atoms with Gasteiger partial charge in [0.15, 0.2) is 11.5 Å². The van der Waals surface area contributed by atoms with Crippen LogP contribution in [-0.2, 0) is 4.74 Å². The van der Waals surface area contributed by atoms with Crippen LogP contribution in [0.5, 0.6) is 17.2 Å². The molecule has 0 saturated carbocycles. The van der Waals surface area contributed by atoms with E-state index < -0.39 is 0 Å². The van der Waals surface area contributed by atoms with Gasteiger partial charge in [0.25, 0.3) is 5.56 Å². The molecule has 2 heterocycles. The number of pyridine rings is 1. The van der Waals surface area contributed by atoms with Crippen molar-refractivity contribution in [1.29, 1.82) is 0 Å². The van der Waals surface area contributed by atoms with Crippen molar-refractivity contribution in [2.75, 3.05) is 52.5 Å². The zero-order chi connectivity index (χ0) is 20.4. The van der Waals surface area contributed by atoms with E-state index in [4.69, 9.17) is 18.9 Å². The number of hydrogen-bond acceptors (Lipinski definition) is 6. The molecule has 1 aromatic heterocycles. The summed E-state index contributed by atoms with van der Waals surface area (Å²) in [5.74, 6) is 1.58. The Balaban J connectivity index is 1.79. The SMILES string of the molecule is COc1cc(-c2cc3ccc(N4CCOCC4)cc3c(=O)[nH]2)cc(OC)c1OC. The summed E-state index contributed by atoms with van der Waals surface area (Å²) >= 11 is 0. The number of aromatic amines is 1. The molecule has 4 rings (SSSR count). The smallest absolute Gasteiger partial charge is 0.256 e. The van der Waals surface area contributed by atoms with Gasteiger partial charge in [0.1, 0.15) is 0 Å². The molecule has 1 saturated heterocycles. The molecule has 0 atom stereocenters. The number of morpholine rings is 1. The summed E-state index contributed by atoms with van der Waals surface area (Å²) in [4.78, 5) is 18.1. The molecule has 7 nitrogen and oxygen atoms in total. The van der Waals surface area contributed by atoms with E-state index in [0.29, 0.717) is 41.5 Å². The third-order valence-corrected chi connectivity index (χ3v) is 5.18. The zero-order valence-electron chi connectivity index (χ0n) is 16.8. The molecule has 0 aliphatic carbocycles. The molecule has 1 aliphatic heterocycles. The number of rotatable bonds is 5. The Labute approximate surface area is 168 Å². The highest BCUT2D eigenvalue weighted by Gasteiger charge is 2.16. The molecule has 0 radical (unpaired) electrons. The molecular weight excluding hydrogens is 372 g/mol. The van der Waals surface area contributed by atoms with Gasteiger partial charge in [-0.3, -0.25) is 4.79 Å². The first kappa shape index (κ1) is 19.1. The van der Waals surface area contributed by atoms with Crippen molar-refractivity contribution in [1.82, 2.24) is 4.98 Å². The van der Waals surface area contributed by atoms with Crippen LogP contribution in [0.4, 0.5) is 5.69 Å². The Morgan fingerprint density at radius 3 is 2.24 bits per heavy atom. The lowest BCUT2D eigenvalue weighted by molar-refractivity contribution is 0.122. The van der Waals surface area contributed by atoms with Crippen molar-refractivity contribution in [2.24, 2.45) is 0 Å². The van der Waals surface area contributed by atoms with Gasteiger partial charge in [0.2, 0.25) is 5.75 Å². The molecule has 29 heavy (non-hydrogen) atoms. The fourth-order valence-electron chi connectivity index (χ4n) is 3.66. The van der Waals surface area contributed by atoms with Crippen molar-refractivity contribution in [2.45, 2.75) is 0 Å². The molecule has 0 amide bonds. The predicted octanol–water partition coefficient (Wildman–Crippen LogP) is 3.06. The Morgan fingerprint density at radius 1 is 0.931 bits per heavy atom. The number of nitrogens with zero attached hydrogens (tertiary/aromatic N) is 1. The van der Waals surface area contributed by atoms with Crippen molar-refractivity contribution in [3.05, 3.63) is 46.8 Å². The molecule has 0 spiro atoms. The molecule has 1 fully saturated rings. The molecular formula is C22H24N2O5. The van der Waals surface area contributed by atoms with Gasteiger partial charge in [0.05, 0.1) is 34.5 Å². The Hall–Kier alpha value is -3.19. The maximum atomic E-state index is 12.9. The van der Waals surface area contributed by atoms with Gasteiger partial charge in [-0.05, 0) is 35.7 Å². The first-order valence-electron chi connectivity index (χ1n) is 9.44. The topological polar surface area (TPSA) is 73.0 Å². The van der Waals surface area contributed by atoms with Gasteiger partial charge in [0, 0.05) is 35.4 Å². The molecule has 1 aliphatic rings. The first-order chi connectivity index (χ1) is 14.1. The van der Waals surface area contributed by atoms with Crippen molar-refractivity contribution in [3.8, 4) is 28.5 Å². The quantitative estimate of drug-likeness (QED) is 0.715. The fraction of sp³-hybridized carbons (Fsp3) is 0.318. The minimum Gasteiger partial charge on any atom is -0.493 e. The summed E-state index contributed by atoms with van der Waals surface area (Å²) in [5, 5.41) is 1.53. The van der Waals surface area contributed by atoms with Crippen molar-refractivity contribution in [3.63, 3.8) is 0 Å². The molecule has 2 aromatic carbocycles. The van der Waals surface area contributed by atoms with Crippen LogP contribution in [0.15, 0.2) is 41.2 Å². The summed E-state index contributed by atoms with van der Waals surface area (Å²) in [7, 11) is 4.69. The number of aromatic nitrogens is 1. The van der Waals surface area contributed by atoms with E-state index in [9.17, 15) is 4.79 Å². The number of hydrogen-bond donors (Lipinski definition) is 1. The van der Waals surface area contributed by atoms with Crippen LogP contribution < -0.4 is 24.7 Å². The molecule has 0 unspecified atom stereocenters. The Kier molecular flexibility index (Phi) is 5.31. The molecule has 152 valence electrons. The lowest BCUT2D eigenvalue weighted by Gasteiger charge is -2.29. The average Bonchev–Trinajstić information content (AvgIpc) is 2.78. The van der Waals surface area contributed by atoms with E-state index in [1.54, 1.807) is 21.3 Å². The number of benzene rings is 2. The Bertz CT molecular complexity index is 1060. The standard InChI is InChI=1S/C22H24N2O5/c1-26-19-11-15(12-20(27-2)21(19)28-3)18-10-14-4-5-16(13-17(14)22(25)23-18)24-6-8-29-9-7-24/h4-5,10-13H,6-9H2,1-3H3,(H,23,25). The van der Waals surface area contributed by atoms with Gasteiger partial charge < -0.3 is 28.8 Å². The third kappa shape index (κ3) is 3.61. The molecule has 0 bridgehead atoms. The van der Waals surface area contributed by atoms with Crippen LogP contribution in [0.25, 0.3) is 22.0 Å². The van der Waals surface area contributed by atoms with Gasteiger partial charge in [-0.1, -0.05) is 6.07 Å². The van der Waals surface area contributed by atoms with Crippen LogP contribution in [0.2, 0.25) is 0 Å². The van der Waals surface area contributed by atoms with Crippen LogP contribution in [-0.4, -0.2) is 52.6 Å². The molecule has 7 heteroatoms. The van der Waals surface area contributed by atoms with Crippen LogP contribution in [0, 0.1) is 0 Å². The van der Waals surface area contributed by atoms with Crippen LogP contribution in [0.1, 0.15) is 0 Å². The highest BCUT2D eigenvalue weighted by Crippen LogP contribution is 2.41. The van der Waals surface area contributed by atoms with Crippen molar-refractivity contribution >= 4 is 16.5 Å². The van der Waals surface area contributed by atoms with Gasteiger partial charge in [-0.25, -0.2) is 0 Å². The van der Waals surface area contributed by atoms with Gasteiger partial charge in [-0.2, -0.15) is 0 Å². The van der Waals surface area contributed by atoms with Gasteiger partial charge >= 0.3 is 0 Å². The minimum atomic E-state index is -0.138. The third-order valence-electron chi connectivity index (χ3n) is 5.18. The number of ether oxygens (including phenoxy) is 4. The Morgan fingerprint density at radius 2 is 1.62 bits per heavy atom. The van der Waals surface area contributed by atoms with E-state index >= 15 is 0 Å². The highest BCUT2D eigenvalue weighted by molar-refractivity contribution is 5.88. The second-order valence-electron chi connectivity index (χ2n) is 6.80. The fourth-order valence-corrected chi connectivity index (χ4v) is 3.66. The maximum absolute atomic E-state index is 12.9. The zero-order valence-corrected chi connectivity index (χ0v) is 16.8. The van der Waals surface area contributed by atoms with E-state index in [1.807, 2.05) is 36.4 Å². The predicted molar refractivity (Wildman–Crippen MR) is 113 cm³/mol. The number of anilines is 1. The molecule has 1 N–H and O–H groups in total. The number of fused-ring (bicyclic) bond motifs is 1. The average molecular weight is 396 g/mol. The lowest BCUT2D eigenvalue weighted by atomic mass is 10.1. The van der Waals surface area contributed by atoms with Crippen molar-refractivity contribution < 1.29 is 18.9 Å². The number of nitrogens with one attached hydrogen (secondary N) is 1. The summed E-state index contributed by atoms with van der Waals surface area (Å²) in [5.41, 5.74) is 2.35. The summed E-state index contributed by atoms with van der Waals surface area (Å²) in [6.07, 6.45) is 0. The van der Waals surface area contributed by atoms with E-state index in [0.717, 1.165) is 29.7 Å². The normalized spacial score (nSPS) is 14.1. The second-order valence-corrected chi connectivity index (χ2v) is 6.80. The van der Waals surface area contributed by atoms with E-state index in [1.165, 1.54) is 0 Å². The summed E-state index contributed by atoms with van der Waals surface area (Å²) < 4.78 is 21.6. The van der Waals surface area contributed by atoms with Crippen LogP contribution in [0.3, 0.4) is 0 Å². The largest absolute Gasteiger partial charge is 0.493 e. The number of H-pyrrole nitrogens is 1. The minimum absolute atomic E-state index is 0.138. The molecule has 3 aromatic rings. The second kappa shape index (κ2) is 8.05. The first-order valence-corrected chi connectivity index (χ1v) is 9.44. The summed E-state index contributed by atoms with van der Waals surface area (Å²) in [6, 6.07) is 11.6. The number of methoxy groups -OCH3 is 3. The van der Waals surface area contributed by atoms with E-state index in [-0.39, 0.29) is 5.56 Å². The highest BCUT2D eigenvalue weighted by atomic mass is 16.5. The lowest BCUT2D eigenvalue weighted by Crippen LogP contribution is -2.36. The maximum Gasteiger partial charge on any atom is 0.256 e. The van der Waals surface area contributed by atoms with Gasteiger partial charge in [-0.15, -0.1) is 0 Å². The van der Waals surface area contributed by atoms with Crippen LogP contribution >= 0.6 is 0 Å². The summed E-state index contributed by atoms with van der Waals surface area (Å²) in [6.45, 7) is 3.06. The van der Waals surface area contributed by atoms with E-state index in [2.05, 4.69) is 9.88 Å². The monoisotopic (exact) mass is 396 g/mol.